The van der Waals surface area contributed by atoms with Gasteiger partial charge in [-0.15, -0.1) is 0 Å². The molecule has 1 aromatic carbocycles. The summed E-state index contributed by atoms with van der Waals surface area (Å²) in [5.74, 6) is -1.29. The second-order valence-electron chi connectivity index (χ2n) is 17.1. The summed E-state index contributed by atoms with van der Waals surface area (Å²) in [4.78, 5) is 101. The SMILES string of the molecule is CSS[C@@H](CC[C@H](NC(=O)OC(C)(C)C)C(=O)O[C@H]1[C@@H](O)[C@H](n2cnc3c(N)ncnc32)O[C@@H]1COP(=O)(O)O[C@H]1C[C@H](n2ccc(N)nc2=O)O[C@@H]1COP(=O)(O)O)CNC(=O)OCc1ccccc1N=[N+]=[N-]. The minimum absolute atomic E-state index is 0.0191. The Morgan fingerprint density at radius 1 is 1.03 bits per heavy atom. The Morgan fingerprint density at radius 3 is 2.47 bits per heavy atom. The average Bonchev–Trinajstić information content (AvgIpc) is 4.02. The highest BCUT2D eigenvalue weighted by molar-refractivity contribution is 8.76. The summed E-state index contributed by atoms with van der Waals surface area (Å²) < 4.78 is 71.4. The summed E-state index contributed by atoms with van der Waals surface area (Å²) in [5.41, 5.74) is 19.5. The number of phosphoric ester groups is 2. The third-order valence-corrected chi connectivity index (χ3v) is 14.4. The zero-order valence-corrected chi connectivity index (χ0v) is 43.1. The van der Waals surface area contributed by atoms with Gasteiger partial charge in [0.25, 0.3) is 0 Å². The van der Waals surface area contributed by atoms with Gasteiger partial charge >= 0.3 is 39.5 Å². The van der Waals surface area contributed by atoms with Crippen LogP contribution in [0.2, 0.25) is 0 Å². The number of nitrogens with zero attached hydrogens (tertiary/aromatic N) is 9. The quantitative estimate of drug-likeness (QED) is 0.0100. The van der Waals surface area contributed by atoms with Gasteiger partial charge in [0.05, 0.1) is 19.5 Å². The molecule has 10 N–H and O–H groups in total. The van der Waals surface area contributed by atoms with E-state index < -0.39 is 113 Å². The first-order valence-corrected chi connectivity index (χ1v) is 27.6. The number of nitrogens with one attached hydrogen (secondary N) is 2. The van der Waals surface area contributed by atoms with E-state index in [1.807, 2.05) is 0 Å². The molecule has 0 bridgehead atoms. The predicted octanol–water partition coefficient (Wildman–Crippen LogP) is 3.24. The number of rotatable bonds is 23. The lowest BCUT2D eigenvalue weighted by Gasteiger charge is -2.27. The standard InChI is InChI=1S/C39H53N13O18P2S2/c1-39(2,3)69-38(57)47-23(10-9-21(74-73-4)14-43-37(56)63-15-20-7-5-6-8-22(20)49-50-42)35(54)68-31-26(67-34(30(31)53)52-19-46-29-32(41)44-18-45-33(29)52)17-65-72(61,62)70-24-13-28(51-12-11-27(40)48-36(51)55)66-25(24)16-64-71(58,59)60/h5-8,11-12,18-19,21,23-26,28,30-31,34,53H,9-10,13-17H2,1-4H3,(H,43,56)(H,47,57)(H,61,62)(H2,40,48,55)(H2,41,44,45)(H2,58,59,60)/t21-,23-,24-,25+,26+,28+,30+,31+,34+/m0/s1. The van der Waals surface area contributed by atoms with Crippen molar-refractivity contribution < 1.29 is 80.6 Å². The second-order valence-corrected chi connectivity index (χ2v) is 22.5. The summed E-state index contributed by atoms with van der Waals surface area (Å²) >= 11 is 0. The lowest BCUT2D eigenvalue weighted by Crippen LogP contribution is -2.48. The van der Waals surface area contributed by atoms with Crippen LogP contribution in [0.3, 0.4) is 0 Å². The van der Waals surface area contributed by atoms with Crippen LogP contribution in [0.25, 0.3) is 21.6 Å². The number of hydrogen-bond acceptors (Lipinski definition) is 24. The Kier molecular flexibility index (Phi) is 19.7. The maximum Gasteiger partial charge on any atom is 0.472 e. The number of amides is 2. The molecule has 2 fully saturated rings. The molecule has 2 aliphatic rings. The van der Waals surface area contributed by atoms with E-state index in [-0.39, 0.29) is 60.9 Å². The number of nitrogen functional groups attached to an aromatic ring is 2. The lowest BCUT2D eigenvalue weighted by atomic mass is 10.1. The number of nitrogens with two attached hydrogens (primary N) is 2. The van der Waals surface area contributed by atoms with Crippen molar-refractivity contribution in [3.63, 3.8) is 0 Å². The van der Waals surface area contributed by atoms with E-state index in [1.54, 1.807) is 51.3 Å². The number of hydrogen-bond donors (Lipinski definition) is 8. The number of imidazole rings is 1. The van der Waals surface area contributed by atoms with E-state index in [1.165, 1.54) is 44.7 Å². The van der Waals surface area contributed by atoms with Gasteiger partial charge in [-0.25, -0.2) is 43.3 Å². The molecule has 0 radical (unpaired) electrons. The van der Waals surface area contributed by atoms with Gasteiger partial charge in [0.2, 0.25) is 0 Å². The first-order valence-electron chi connectivity index (χ1n) is 22.0. The first kappa shape index (κ1) is 57.6. The number of benzene rings is 1. The first-order chi connectivity index (χ1) is 34.9. The van der Waals surface area contributed by atoms with Crippen LogP contribution in [0, 0.1) is 0 Å². The number of aliphatic hydroxyl groups is 1. The van der Waals surface area contributed by atoms with E-state index in [2.05, 4.69) is 45.1 Å². The second kappa shape index (κ2) is 25.3. The molecule has 2 amide bonds. The van der Waals surface area contributed by atoms with Crippen molar-refractivity contribution in [2.75, 3.05) is 37.5 Å². The van der Waals surface area contributed by atoms with E-state index >= 15 is 0 Å². The summed E-state index contributed by atoms with van der Waals surface area (Å²) in [7, 11) is -7.74. The minimum atomic E-state index is -5.31. The van der Waals surface area contributed by atoms with Gasteiger partial charge in [0.15, 0.2) is 23.8 Å². The Balaban J connectivity index is 1.20. The Hall–Kier alpha value is -5.63. The normalized spacial score (nSPS) is 22.5. The predicted molar refractivity (Wildman–Crippen MR) is 260 cm³/mol. The lowest BCUT2D eigenvalue weighted by molar-refractivity contribution is -0.159. The van der Waals surface area contributed by atoms with Gasteiger partial charge in [-0.05, 0) is 57.0 Å². The largest absolute Gasteiger partial charge is 0.472 e. The number of aliphatic hydroxyl groups excluding tert-OH is 1. The number of carbonyl (C=O) groups excluding carboxylic acids is 3. The molecule has 4 aromatic rings. The molecule has 0 aliphatic carbocycles. The highest BCUT2D eigenvalue weighted by Gasteiger charge is 2.50. The van der Waals surface area contributed by atoms with Crippen LogP contribution in [-0.2, 0) is 57.8 Å². The molecule has 6 rings (SSSR count). The van der Waals surface area contributed by atoms with Crippen molar-refractivity contribution in [3.05, 3.63) is 75.7 Å². The van der Waals surface area contributed by atoms with Gasteiger partial charge < -0.3 is 65.6 Å². The van der Waals surface area contributed by atoms with Crippen LogP contribution in [-0.4, -0.2) is 140 Å². The molecule has 35 heteroatoms. The molecule has 31 nitrogen and oxygen atoms in total. The highest BCUT2D eigenvalue weighted by atomic mass is 33.1. The number of esters is 1. The van der Waals surface area contributed by atoms with Crippen molar-refractivity contribution in [3.8, 4) is 0 Å². The van der Waals surface area contributed by atoms with Crippen LogP contribution in [0.4, 0.5) is 26.9 Å². The molecular formula is C39H53N13O18P2S2. The molecule has 5 heterocycles. The molecule has 2 aliphatic heterocycles. The number of phosphoric acid groups is 2. The van der Waals surface area contributed by atoms with Gasteiger partial charge in [0.1, 0.15) is 66.6 Å². The smallest absolute Gasteiger partial charge is 0.455 e. The molecule has 74 heavy (non-hydrogen) atoms. The molecule has 1 unspecified atom stereocenters. The summed E-state index contributed by atoms with van der Waals surface area (Å²) in [6.07, 6.45) is -7.85. The maximum atomic E-state index is 14.3. The summed E-state index contributed by atoms with van der Waals surface area (Å²) in [6, 6.07) is 6.29. The molecule has 0 spiro atoms. The summed E-state index contributed by atoms with van der Waals surface area (Å²) in [5, 5.41) is 20.2. The fraction of sp³-hybridized carbons (Fsp3) is 0.538. The van der Waals surface area contributed by atoms with Crippen molar-refractivity contribution in [2.24, 2.45) is 5.11 Å². The van der Waals surface area contributed by atoms with E-state index in [0.717, 1.165) is 10.9 Å². The van der Waals surface area contributed by atoms with Gasteiger partial charge in [0, 0.05) is 35.0 Å². The molecular weight excluding hydrogens is 1060 g/mol. The van der Waals surface area contributed by atoms with Gasteiger partial charge in [-0.2, -0.15) is 4.98 Å². The third kappa shape index (κ3) is 16.2. The summed E-state index contributed by atoms with van der Waals surface area (Å²) in [6.45, 7) is 2.75. The van der Waals surface area contributed by atoms with E-state index in [9.17, 15) is 48.1 Å². The fourth-order valence-corrected chi connectivity index (χ4v) is 10.6. The fourth-order valence-electron chi connectivity index (χ4n) is 7.36. The topological polar surface area (TPSA) is 443 Å². The van der Waals surface area contributed by atoms with Crippen LogP contribution < -0.4 is 27.8 Å². The number of carbonyl (C=O) groups is 3. The minimum Gasteiger partial charge on any atom is -0.455 e. The number of alkyl carbamates (subject to hydrolysis) is 2. The van der Waals surface area contributed by atoms with Crippen molar-refractivity contribution in [2.45, 2.75) is 107 Å². The monoisotopic (exact) mass is 1120 g/mol. The van der Waals surface area contributed by atoms with Crippen LogP contribution in [0.1, 0.15) is 58.1 Å². The Bertz CT molecular complexity index is 2830. The zero-order chi connectivity index (χ0) is 54.0. The number of fused-ring (bicyclic) bond motifs is 1. The van der Waals surface area contributed by atoms with Gasteiger partial charge in [-0.3, -0.25) is 22.7 Å². The number of azide groups is 1. The molecule has 404 valence electrons. The molecule has 3 aromatic heterocycles. The average molecular weight is 1120 g/mol. The highest BCUT2D eigenvalue weighted by Crippen LogP contribution is 2.50. The Labute approximate surface area is 427 Å². The number of aromatic nitrogens is 6. The van der Waals surface area contributed by atoms with Crippen LogP contribution in [0.5, 0.6) is 0 Å². The molecule has 0 saturated carbocycles. The van der Waals surface area contributed by atoms with E-state index in [4.69, 9.17) is 49.7 Å². The number of anilines is 2. The molecule has 10 atom stereocenters. The van der Waals surface area contributed by atoms with Crippen molar-refractivity contribution >= 4 is 83.9 Å². The van der Waals surface area contributed by atoms with E-state index in [0.29, 0.717) is 5.56 Å². The zero-order valence-electron chi connectivity index (χ0n) is 39.7. The van der Waals surface area contributed by atoms with Crippen LogP contribution >= 0.6 is 37.2 Å². The Morgan fingerprint density at radius 2 is 1.77 bits per heavy atom. The van der Waals surface area contributed by atoms with Gasteiger partial charge in [-0.1, -0.05) is 51.0 Å². The van der Waals surface area contributed by atoms with Crippen molar-refractivity contribution in [1.29, 1.82) is 0 Å². The number of ether oxygens (including phenoxy) is 5. The maximum absolute atomic E-state index is 14.3. The van der Waals surface area contributed by atoms with Crippen molar-refractivity contribution in [1.82, 2.24) is 39.7 Å². The third-order valence-electron chi connectivity index (χ3n) is 10.6. The molecule has 2 saturated heterocycles. The van der Waals surface area contributed by atoms with Crippen LogP contribution in [0.15, 0.2) is 59.1 Å².